The number of carbonyl (C=O) groups is 2. The Balaban J connectivity index is 1.66. The number of hydrogen-bond donors (Lipinski definition) is 2. The summed E-state index contributed by atoms with van der Waals surface area (Å²) in [4.78, 5) is 36.6. The summed E-state index contributed by atoms with van der Waals surface area (Å²) in [6, 6.07) is 6.93. The molecule has 28 heavy (non-hydrogen) atoms. The Morgan fingerprint density at radius 2 is 1.89 bits per heavy atom. The molecule has 146 valence electrons. The Morgan fingerprint density at radius 3 is 2.43 bits per heavy atom. The molecule has 0 aliphatic rings. The molecule has 0 aliphatic carbocycles. The fourth-order valence-corrected chi connectivity index (χ4v) is 3.26. The number of rotatable bonds is 6. The second-order valence-electron chi connectivity index (χ2n) is 6.46. The molecule has 1 amide bonds. The number of aromatic amines is 1. The van der Waals surface area contributed by atoms with E-state index in [2.05, 4.69) is 20.3 Å². The SMILES string of the molecule is CCC(OC(=O)c1ccc(-c2nc(C)c(C)[nH]2)cc1)C(=O)Nc1nc(C)cs1. The van der Waals surface area contributed by atoms with Crippen LogP contribution in [0.4, 0.5) is 5.13 Å². The number of imidazole rings is 1. The lowest BCUT2D eigenvalue weighted by molar-refractivity contribution is -0.124. The summed E-state index contributed by atoms with van der Waals surface area (Å²) in [5.41, 5.74) is 4.01. The third-order valence-electron chi connectivity index (χ3n) is 4.28. The molecule has 0 saturated carbocycles. The monoisotopic (exact) mass is 398 g/mol. The van der Waals surface area contributed by atoms with Gasteiger partial charge in [-0.25, -0.2) is 14.8 Å². The fourth-order valence-electron chi connectivity index (χ4n) is 2.57. The van der Waals surface area contributed by atoms with E-state index in [0.717, 1.165) is 28.5 Å². The highest BCUT2D eigenvalue weighted by Gasteiger charge is 2.23. The Labute approximate surface area is 167 Å². The number of ether oxygens (including phenoxy) is 1. The van der Waals surface area contributed by atoms with E-state index < -0.39 is 12.1 Å². The van der Waals surface area contributed by atoms with Gasteiger partial charge < -0.3 is 9.72 Å². The predicted octanol–water partition coefficient (Wildman–Crippen LogP) is 4.03. The highest BCUT2D eigenvalue weighted by atomic mass is 32.1. The van der Waals surface area contributed by atoms with Crippen molar-refractivity contribution in [2.75, 3.05) is 5.32 Å². The van der Waals surface area contributed by atoms with Crippen LogP contribution < -0.4 is 5.32 Å². The van der Waals surface area contributed by atoms with Gasteiger partial charge >= 0.3 is 5.97 Å². The normalized spacial score (nSPS) is 11.9. The summed E-state index contributed by atoms with van der Waals surface area (Å²) in [5.74, 6) is -0.182. The lowest BCUT2D eigenvalue weighted by atomic mass is 10.1. The molecule has 2 aromatic heterocycles. The third kappa shape index (κ3) is 4.45. The molecule has 1 aromatic carbocycles. The minimum atomic E-state index is -0.883. The maximum absolute atomic E-state index is 12.4. The molecule has 0 saturated heterocycles. The average Bonchev–Trinajstić information content (AvgIpc) is 3.24. The first-order valence-electron chi connectivity index (χ1n) is 8.95. The summed E-state index contributed by atoms with van der Waals surface area (Å²) in [6.45, 7) is 7.53. The zero-order valence-corrected chi connectivity index (χ0v) is 17.0. The van der Waals surface area contributed by atoms with Crippen molar-refractivity contribution >= 4 is 28.3 Å². The summed E-state index contributed by atoms with van der Waals surface area (Å²) in [7, 11) is 0. The molecule has 0 spiro atoms. The molecule has 2 N–H and O–H groups in total. The molecule has 3 rings (SSSR count). The Bertz CT molecular complexity index is 972. The van der Waals surface area contributed by atoms with E-state index >= 15 is 0 Å². The van der Waals surface area contributed by atoms with E-state index in [1.165, 1.54) is 11.3 Å². The molecule has 0 aliphatic heterocycles. The molecule has 1 unspecified atom stereocenters. The fraction of sp³-hybridized carbons (Fsp3) is 0.300. The number of hydrogen-bond acceptors (Lipinski definition) is 6. The summed E-state index contributed by atoms with van der Waals surface area (Å²) < 4.78 is 5.40. The van der Waals surface area contributed by atoms with Crippen LogP contribution in [-0.2, 0) is 9.53 Å². The van der Waals surface area contributed by atoms with Crippen molar-refractivity contribution in [3.8, 4) is 11.4 Å². The quantitative estimate of drug-likeness (QED) is 0.611. The second-order valence-corrected chi connectivity index (χ2v) is 7.32. The lowest BCUT2D eigenvalue weighted by Crippen LogP contribution is -2.32. The molecule has 0 radical (unpaired) electrons. The van der Waals surface area contributed by atoms with Crippen molar-refractivity contribution < 1.29 is 14.3 Å². The van der Waals surface area contributed by atoms with Crippen LogP contribution in [0.25, 0.3) is 11.4 Å². The maximum atomic E-state index is 12.4. The van der Waals surface area contributed by atoms with E-state index in [0.29, 0.717) is 17.1 Å². The van der Waals surface area contributed by atoms with Gasteiger partial charge in [0.05, 0.1) is 17.0 Å². The first-order valence-corrected chi connectivity index (χ1v) is 9.83. The smallest absolute Gasteiger partial charge is 0.338 e. The predicted molar refractivity (Wildman–Crippen MR) is 108 cm³/mol. The van der Waals surface area contributed by atoms with Crippen LogP contribution in [0.3, 0.4) is 0 Å². The standard InChI is InChI=1S/C20H22N4O3S/c1-5-16(18(25)24-20-21-11(2)10-28-20)27-19(26)15-8-6-14(7-9-15)17-22-12(3)13(4)23-17/h6-10,16H,5H2,1-4H3,(H,22,23)(H,21,24,25). The number of esters is 1. The van der Waals surface area contributed by atoms with Crippen LogP contribution in [0.5, 0.6) is 0 Å². The summed E-state index contributed by atoms with van der Waals surface area (Å²) >= 11 is 1.33. The number of benzene rings is 1. The number of aromatic nitrogens is 3. The molecule has 1 atom stereocenters. The first-order chi connectivity index (χ1) is 13.4. The molecule has 8 heteroatoms. The Kier molecular flexibility index (Phi) is 5.89. The first kappa shape index (κ1) is 19.8. The Hall–Kier alpha value is -3.00. The maximum Gasteiger partial charge on any atom is 0.338 e. The van der Waals surface area contributed by atoms with E-state index in [4.69, 9.17) is 4.74 Å². The zero-order chi connectivity index (χ0) is 20.3. The van der Waals surface area contributed by atoms with Gasteiger partial charge in [0.25, 0.3) is 5.91 Å². The number of nitrogens with zero attached hydrogens (tertiary/aromatic N) is 2. The zero-order valence-electron chi connectivity index (χ0n) is 16.2. The number of aryl methyl sites for hydroxylation is 3. The van der Waals surface area contributed by atoms with Gasteiger partial charge in [0, 0.05) is 16.6 Å². The summed E-state index contributed by atoms with van der Waals surface area (Å²) in [6.07, 6.45) is -0.517. The van der Waals surface area contributed by atoms with Gasteiger partial charge in [0.1, 0.15) is 5.82 Å². The number of carbonyl (C=O) groups excluding carboxylic acids is 2. The molecule has 3 aromatic rings. The number of H-pyrrole nitrogens is 1. The number of thiazole rings is 1. The lowest BCUT2D eigenvalue weighted by Gasteiger charge is -2.15. The third-order valence-corrected chi connectivity index (χ3v) is 5.16. The van der Waals surface area contributed by atoms with Gasteiger partial charge in [0.15, 0.2) is 11.2 Å². The highest BCUT2D eigenvalue weighted by Crippen LogP contribution is 2.20. The van der Waals surface area contributed by atoms with E-state index in [-0.39, 0.29) is 5.91 Å². The molecule has 7 nitrogen and oxygen atoms in total. The van der Waals surface area contributed by atoms with Gasteiger partial charge in [-0.05, 0) is 39.3 Å². The average molecular weight is 398 g/mol. The van der Waals surface area contributed by atoms with Crippen molar-refractivity contribution in [3.05, 3.63) is 52.3 Å². The van der Waals surface area contributed by atoms with Crippen LogP contribution in [0.2, 0.25) is 0 Å². The van der Waals surface area contributed by atoms with Gasteiger partial charge in [0.2, 0.25) is 0 Å². The van der Waals surface area contributed by atoms with Gasteiger partial charge in [-0.1, -0.05) is 19.1 Å². The summed E-state index contributed by atoms with van der Waals surface area (Å²) in [5, 5.41) is 5.02. The van der Waals surface area contributed by atoms with Crippen molar-refractivity contribution in [3.63, 3.8) is 0 Å². The van der Waals surface area contributed by atoms with Crippen molar-refractivity contribution in [2.24, 2.45) is 0 Å². The van der Waals surface area contributed by atoms with E-state index in [1.54, 1.807) is 31.2 Å². The number of amides is 1. The Morgan fingerprint density at radius 1 is 1.18 bits per heavy atom. The molecule has 0 bridgehead atoms. The largest absolute Gasteiger partial charge is 0.449 e. The highest BCUT2D eigenvalue weighted by molar-refractivity contribution is 7.13. The van der Waals surface area contributed by atoms with Crippen LogP contribution in [0.1, 0.15) is 40.8 Å². The van der Waals surface area contributed by atoms with Crippen molar-refractivity contribution in [1.29, 1.82) is 0 Å². The number of anilines is 1. The molecule has 0 fully saturated rings. The van der Waals surface area contributed by atoms with E-state index in [9.17, 15) is 9.59 Å². The van der Waals surface area contributed by atoms with Crippen LogP contribution >= 0.6 is 11.3 Å². The van der Waals surface area contributed by atoms with Gasteiger partial charge in [-0.3, -0.25) is 10.1 Å². The second kappa shape index (κ2) is 8.35. The molecular formula is C20H22N4O3S. The van der Waals surface area contributed by atoms with Crippen molar-refractivity contribution in [2.45, 2.75) is 40.2 Å². The van der Waals surface area contributed by atoms with E-state index in [1.807, 2.05) is 26.2 Å². The topological polar surface area (TPSA) is 97.0 Å². The van der Waals surface area contributed by atoms with Gasteiger partial charge in [-0.15, -0.1) is 11.3 Å². The molecular weight excluding hydrogens is 376 g/mol. The van der Waals surface area contributed by atoms with Gasteiger partial charge in [-0.2, -0.15) is 0 Å². The van der Waals surface area contributed by atoms with Crippen molar-refractivity contribution in [1.82, 2.24) is 15.0 Å². The number of nitrogens with one attached hydrogen (secondary N) is 2. The minimum Gasteiger partial charge on any atom is -0.449 e. The van der Waals surface area contributed by atoms with Crippen LogP contribution in [0, 0.1) is 20.8 Å². The van der Waals surface area contributed by atoms with Crippen LogP contribution in [0.15, 0.2) is 29.6 Å². The van der Waals surface area contributed by atoms with Crippen LogP contribution in [-0.4, -0.2) is 32.9 Å². The minimum absolute atomic E-state index is 0.366. The molecule has 2 heterocycles.